The van der Waals surface area contributed by atoms with Gasteiger partial charge in [0.25, 0.3) is 0 Å². The van der Waals surface area contributed by atoms with Crippen molar-refractivity contribution in [2.75, 3.05) is 38.2 Å². The molecule has 27 heavy (non-hydrogen) atoms. The van der Waals surface area contributed by atoms with Gasteiger partial charge in [0.2, 0.25) is 0 Å². The smallest absolute Gasteiger partial charge is 0.163 e. The molecule has 148 valence electrons. The van der Waals surface area contributed by atoms with E-state index in [-0.39, 0.29) is 6.10 Å². The van der Waals surface area contributed by atoms with Crippen LogP contribution in [-0.4, -0.2) is 70.1 Å². The number of nitrogens with zero attached hydrogens (tertiary/aromatic N) is 6. The van der Waals surface area contributed by atoms with Gasteiger partial charge in [0.1, 0.15) is 12.1 Å². The minimum absolute atomic E-state index is 0.262. The molecule has 0 N–H and O–H groups in total. The third-order valence-electron chi connectivity index (χ3n) is 5.79. The summed E-state index contributed by atoms with van der Waals surface area (Å²) in [7, 11) is 2.20. The molecule has 2 atom stereocenters. The van der Waals surface area contributed by atoms with Gasteiger partial charge < -0.3 is 9.64 Å². The summed E-state index contributed by atoms with van der Waals surface area (Å²) >= 11 is 0. The molecule has 0 aromatic carbocycles. The number of hydrogen-bond donors (Lipinski definition) is 0. The molecule has 2 aliphatic rings. The summed E-state index contributed by atoms with van der Waals surface area (Å²) in [6.07, 6.45) is 5.18. The first-order valence-corrected chi connectivity index (χ1v) is 10.4. The van der Waals surface area contributed by atoms with Crippen molar-refractivity contribution < 1.29 is 4.74 Å². The lowest BCUT2D eigenvalue weighted by molar-refractivity contribution is -0.0362. The van der Waals surface area contributed by atoms with Crippen molar-refractivity contribution in [3.8, 4) is 0 Å². The lowest BCUT2D eigenvalue weighted by atomic mass is 10.1. The predicted octanol–water partition coefficient (Wildman–Crippen LogP) is 2.34. The highest BCUT2D eigenvalue weighted by atomic mass is 16.5. The largest absolute Gasteiger partial charge is 0.373 e. The maximum absolute atomic E-state index is 6.04. The van der Waals surface area contributed by atoms with E-state index in [1.165, 1.54) is 0 Å². The van der Waals surface area contributed by atoms with E-state index in [0.29, 0.717) is 12.0 Å². The monoisotopic (exact) mass is 372 g/mol. The molecule has 0 bridgehead atoms. The molecule has 0 unspecified atom stereocenters. The van der Waals surface area contributed by atoms with Crippen molar-refractivity contribution in [1.29, 1.82) is 0 Å². The molecule has 2 aliphatic heterocycles. The van der Waals surface area contributed by atoms with E-state index >= 15 is 0 Å². The summed E-state index contributed by atoms with van der Waals surface area (Å²) in [5, 5.41) is 6.09. The minimum Gasteiger partial charge on any atom is -0.373 e. The van der Waals surface area contributed by atoms with Gasteiger partial charge in [-0.2, -0.15) is 5.10 Å². The van der Waals surface area contributed by atoms with Crippen LogP contribution in [0.3, 0.4) is 0 Å². The molecule has 7 heteroatoms. The maximum atomic E-state index is 6.04. The topological polar surface area (TPSA) is 59.3 Å². The summed E-state index contributed by atoms with van der Waals surface area (Å²) in [4.78, 5) is 14.2. The summed E-state index contributed by atoms with van der Waals surface area (Å²) in [6.45, 7) is 11.3. The van der Waals surface area contributed by atoms with Crippen LogP contribution in [0.5, 0.6) is 0 Å². The molecular formula is C20H32N6O. The number of rotatable bonds is 6. The predicted molar refractivity (Wildman–Crippen MR) is 107 cm³/mol. The SMILES string of the molecule is CCCCn1nc(CC(C)C)c2c(N3C[C@@H]4OCCN(C)[C@H]4C3)ncnc21. The fourth-order valence-electron chi connectivity index (χ4n) is 4.33. The molecule has 0 spiro atoms. The first kappa shape index (κ1) is 18.6. The molecule has 7 nitrogen and oxygen atoms in total. The van der Waals surface area contributed by atoms with Crippen LogP contribution in [-0.2, 0) is 17.7 Å². The summed E-state index contributed by atoms with van der Waals surface area (Å²) in [5.41, 5.74) is 2.11. The van der Waals surface area contributed by atoms with E-state index < -0.39 is 0 Å². The van der Waals surface area contributed by atoms with Crippen LogP contribution in [0.25, 0.3) is 11.0 Å². The van der Waals surface area contributed by atoms with Crippen LogP contribution in [0.15, 0.2) is 6.33 Å². The van der Waals surface area contributed by atoms with E-state index in [4.69, 9.17) is 14.8 Å². The Labute approximate surface area is 161 Å². The van der Waals surface area contributed by atoms with Crippen molar-refractivity contribution in [3.63, 3.8) is 0 Å². The highest BCUT2D eigenvalue weighted by Crippen LogP contribution is 2.32. The van der Waals surface area contributed by atoms with Gasteiger partial charge in [-0.15, -0.1) is 0 Å². The number of fused-ring (bicyclic) bond motifs is 2. The summed E-state index contributed by atoms with van der Waals surface area (Å²) < 4.78 is 8.13. The van der Waals surface area contributed by atoms with Gasteiger partial charge in [-0.1, -0.05) is 27.2 Å². The van der Waals surface area contributed by atoms with Crippen LogP contribution in [0.2, 0.25) is 0 Å². The van der Waals surface area contributed by atoms with Crippen LogP contribution < -0.4 is 4.90 Å². The molecule has 0 radical (unpaired) electrons. The molecule has 0 amide bonds. The second-order valence-electron chi connectivity index (χ2n) is 8.38. The first-order chi connectivity index (χ1) is 13.1. The van der Waals surface area contributed by atoms with E-state index in [1.54, 1.807) is 6.33 Å². The van der Waals surface area contributed by atoms with Crippen molar-refractivity contribution in [3.05, 3.63) is 12.0 Å². The van der Waals surface area contributed by atoms with Crippen LogP contribution in [0.1, 0.15) is 39.3 Å². The normalized spacial score (nSPS) is 23.5. The molecular weight excluding hydrogens is 340 g/mol. The van der Waals surface area contributed by atoms with E-state index in [9.17, 15) is 0 Å². The Balaban J connectivity index is 1.73. The number of morpholine rings is 1. The van der Waals surface area contributed by atoms with Gasteiger partial charge in [-0.3, -0.25) is 4.90 Å². The Morgan fingerprint density at radius 3 is 2.85 bits per heavy atom. The Morgan fingerprint density at radius 2 is 2.11 bits per heavy atom. The Hall–Kier alpha value is -1.73. The third kappa shape index (κ3) is 3.55. The Kier molecular flexibility index (Phi) is 5.32. The zero-order chi connectivity index (χ0) is 19.0. The second kappa shape index (κ2) is 7.72. The molecule has 2 aromatic heterocycles. The van der Waals surface area contributed by atoms with Crippen LogP contribution >= 0.6 is 0 Å². The quantitative estimate of drug-likeness (QED) is 0.776. The van der Waals surface area contributed by atoms with E-state index in [1.807, 2.05) is 0 Å². The van der Waals surface area contributed by atoms with Gasteiger partial charge in [0, 0.05) is 26.2 Å². The van der Waals surface area contributed by atoms with Crippen molar-refractivity contribution in [2.45, 2.75) is 58.7 Å². The fraction of sp³-hybridized carbons (Fsp3) is 0.750. The number of likely N-dealkylation sites (N-methyl/N-ethyl adjacent to an activating group) is 1. The lowest BCUT2D eigenvalue weighted by Crippen LogP contribution is -2.48. The first-order valence-electron chi connectivity index (χ1n) is 10.4. The zero-order valence-corrected chi connectivity index (χ0v) is 17.1. The lowest BCUT2D eigenvalue weighted by Gasteiger charge is -2.33. The molecule has 2 aromatic rings. The van der Waals surface area contributed by atoms with Gasteiger partial charge in [-0.25, -0.2) is 14.6 Å². The molecule has 4 rings (SSSR count). The van der Waals surface area contributed by atoms with Crippen molar-refractivity contribution in [1.82, 2.24) is 24.6 Å². The Morgan fingerprint density at radius 1 is 1.26 bits per heavy atom. The molecule has 0 saturated carbocycles. The zero-order valence-electron chi connectivity index (χ0n) is 17.1. The molecule has 4 heterocycles. The van der Waals surface area contributed by atoms with Gasteiger partial charge in [-0.05, 0) is 25.8 Å². The molecule has 2 saturated heterocycles. The number of aryl methyl sites for hydroxylation is 1. The highest BCUT2D eigenvalue weighted by Gasteiger charge is 2.40. The summed E-state index contributed by atoms with van der Waals surface area (Å²) in [5.74, 6) is 1.58. The van der Waals surface area contributed by atoms with E-state index in [2.05, 4.69) is 47.3 Å². The number of aromatic nitrogens is 4. The van der Waals surface area contributed by atoms with Crippen molar-refractivity contribution in [2.24, 2.45) is 5.92 Å². The Bertz CT molecular complexity index is 788. The second-order valence-corrected chi connectivity index (χ2v) is 8.38. The summed E-state index contributed by atoms with van der Waals surface area (Å²) in [6, 6.07) is 0.437. The standard InChI is InChI=1S/C20H32N6O/c1-5-6-7-26-20-18(15(23-26)10-14(2)3)19(21-13-22-20)25-11-16-17(12-25)27-9-8-24(16)4/h13-14,16-17H,5-12H2,1-4H3/t16-,17-/m0/s1. The van der Waals surface area contributed by atoms with Crippen molar-refractivity contribution >= 4 is 16.9 Å². The number of hydrogen-bond acceptors (Lipinski definition) is 6. The van der Waals surface area contributed by atoms with Gasteiger partial charge in [0.05, 0.1) is 29.8 Å². The number of unbranched alkanes of at least 4 members (excludes halogenated alkanes) is 1. The van der Waals surface area contributed by atoms with Gasteiger partial charge >= 0.3 is 0 Å². The number of anilines is 1. The number of ether oxygens (including phenoxy) is 1. The van der Waals surface area contributed by atoms with E-state index in [0.717, 1.165) is 74.6 Å². The fourth-order valence-corrected chi connectivity index (χ4v) is 4.33. The molecule has 2 fully saturated rings. The average molecular weight is 373 g/mol. The highest BCUT2D eigenvalue weighted by molar-refractivity contribution is 5.90. The minimum atomic E-state index is 0.262. The molecule has 0 aliphatic carbocycles. The van der Waals surface area contributed by atoms with Crippen LogP contribution in [0.4, 0.5) is 5.82 Å². The maximum Gasteiger partial charge on any atom is 0.163 e. The average Bonchev–Trinajstić information content (AvgIpc) is 3.22. The third-order valence-corrected chi connectivity index (χ3v) is 5.79. The van der Waals surface area contributed by atoms with Gasteiger partial charge in [0.15, 0.2) is 5.65 Å². The van der Waals surface area contributed by atoms with Crippen LogP contribution in [0, 0.1) is 5.92 Å².